The molecule has 0 atom stereocenters. The molecule has 0 spiro atoms. The summed E-state index contributed by atoms with van der Waals surface area (Å²) in [5, 5.41) is 2.05. The maximum absolute atomic E-state index is 11.6. The second-order valence-corrected chi connectivity index (χ2v) is 6.78. The molecule has 2 heterocycles. The van der Waals surface area contributed by atoms with Gasteiger partial charge < -0.3 is 4.84 Å². The SMILES string of the molecule is O=Cc1nc(-c2cccc(ONN3CCCC3)c2)cnc1Cc1ccccc1. The number of carbonyl (C=O) groups is 1. The van der Waals surface area contributed by atoms with Crippen molar-refractivity contribution in [1.29, 1.82) is 0 Å². The van der Waals surface area contributed by atoms with E-state index in [2.05, 4.69) is 20.6 Å². The zero-order valence-corrected chi connectivity index (χ0v) is 15.5. The number of nitrogens with one attached hydrogen (secondary N) is 1. The molecule has 0 amide bonds. The van der Waals surface area contributed by atoms with Crippen LogP contribution in [-0.4, -0.2) is 34.4 Å². The topological polar surface area (TPSA) is 67.3 Å². The van der Waals surface area contributed by atoms with Gasteiger partial charge in [-0.2, -0.15) is 0 Å². The standard InChI is InChI=1S/C22H22N4O2/c27-16-22-20(13-17-7-2-1-3-8-17)23-15-21(24-22)18-9-6-10-19(14-18)28-25-26-11-4-5-12-26/h1-3,6-10,14-16,25H,4-5,11-13H2. The second-order valence-electron chi connectivity index (χ2n) is 6.78. The molecule has 1 N–H and O–H groups in total. The van der Waals surface area contributed by atoms with Crippen molar-refractivity contribution < 1.29 is 9.63 Å². The summed E-state index contributed by atoms with van der Waals surface area (Å²) >= 11 is 0. The molecule has 1 saturated heterocycles. The Balaban J connectivity index is 1.52. The van der Waals surface area contributed by atoms with Gasteiger partial charge in [-0.1, -0.05) is 48.1 Å². The van der Waals surface area contributed by atoms with E-state index in [9.17, 15) is 4.79 Å². The van der Waals surface area contributed by atoms with Crippen LogP contribution in [0.25, 0.3) is 11.3 Å². The van der Waals surface area contributed by atoms with E-state index in [1.165, 1.54) is 12.8 Å². The summed E-state index contributed by atoms with van der Waals surface area (Å²) in [7, 11) is 0. The van der Waals surface area contributed by atoms with Crippen LogP contribution in [0.5, 0.6) is 5.75 Å². The van der Waals surface area contributed by atoms with E-state index in [0.717, 1.165) is 30.5 Å². The van der Waals surface area contributed by atoms with Crippen LogP contribution in [0.3, 0.4) is 0 Å². The lowest BCUT2D eigenvalue weighted by Gasteiger charge is -2.16. The molecule has 2 aromatic carbocycles. The van der Waals surface area contributed by atoms with Crippen LogP contribution in [0.4, 0.5) is 0 Å². The van der Waals surface area contributed by atoms with E-state index in [1.807, 2.05) is 54.6 Å². The fourth-order valence-corrected chi connectivity index (χ4v) is 3.23. The van der Waals surface area contributed by atoms with Gasteiger partial charge in [-0.3, -0.25) is 9.78 Å². The Hall–Kier alpha value is -3.09. The van der Waals surface area contributed by atoms with E-state index >= 15 is 0 Å². The monoisotopic (exact) mass is 374 g/mol. The first-order valence-corrected chi connectivity index (χ1v) is 9.45. The van der Waals surface area contributed by atoms with Crippen LogP contribution in [0.2, 0.25) is 0 Å². The van der Waals surface area contributed by atoms with E-state index in [4.69, 9.17) is 4.84 Å². The molecule has 6 heteroatoms. The Bertz CT molecular complexity index is 940. The minimum Gasteiger partial charge on any atom is -0.394 e. The number of nitrogens with zero attached hydrogens (tertiary/aromatic N) is 3. The van der Waals surface area contributed by atoms with Gasteiger partial charge in [0.15, 0.2) is 6.29 Å². The molecule has 1 aliphatic heterocycles. The summed E-state index contributed by atoms with van der Waals surface area (Å²) in [6.45, 7) is 1.97. The minimum absolute atomic E-state index is 0.364. The van der Waals surface area contributed by atoms with Crippen LogP contribution >= 0.6 is 0 Å². The minimum atomic E-state index is 0.364. The zero-order valence-electron chi connectivity index (χ0n) is 15.5. The highest BCUT2D eigenvalue weighted by molar-refractivity contribution is 5.75. The average molecular weight is 374 g/mol. The second kappa shape index (κ2) is 8.73. The number of carbonyl (C=O) groups excluding carboxylic acids is 1. The fraction of sp³-hybridized carbons (Fsp3) is 0.227. The van der Waals surface area contributed by atoms with Gasteiger partial charge in [0.25, 0.3) is 0 Å². The third kappa shape index (κ3) is 4.42. The number of aldehydes is 1. The lowest BCUT2D eigenvalue weighted by Crippen LogP contribution is -2.37. The van der Waals surface area contributed by atoms with Gasteiger partial charge in [0.05, 0.1) is 17.6 Å². The van der Waals surface area contributed by atoms with Crippen molar-refractivity contribution in [3.05, 3.63) is 77.7 Å². The summed E-state index contributed by atoms with van der Waals surface area (Å²) in [6, 6.07) is 17.5. The van der Waals surface area contributed by atoms with Gasteiger partial charge in [0, 0.05) is 25.1 Å². The van der Waals surface area contributed by atoms with Crippen molar-refractivity contribution in [2.75, 3.05) is 13.1 Å². The van der Waals surface area contributed by atoms with Crippen LogP contribution < -0.4 is 10.4 Å². The van der Waals surface area contributed by atoms with E-state index in [1.54, 1.807) is 6.20 Å². The van der Waals surface area contributed by atoms with Crippen molar-refractivity contribution in [3.8, 4) is 17.0 Å². The lowest BCUT2D eigenvalue weighted by molar-refractivity contribution is 0.0215. The third-order valence-electron chi connectivity index (χ3n) is 4.73. The number of hydrogen-bond donors (Lipinski definition) is 1. The molecular formula is C22H22N4O2. The molecule has 0 aliphatic carbocycles. The molecule has 1 aromatic heterocycles. The fourth-order valence-electron chi connectivity index (χ4n) is 3.23. The van der Waals surface area contributed by atoms with E-state index < -0.39 is 0 Å². The first kappa shape index (κ1) is 18.3. The Kier molecular flexibility index (Phi) is 5.70. The van der Waals surface area contributed by atoms with Crippen molar-refractivity contribution in [3.63, 3.8) is 0 Å². The number of aromatic nitrogens is 2. The molecule has 0 bridgehead atoms. The van der Waals surface area contributed by atoms with Gasteiger partial charge in [0.2, 0.25) is 0 Å². The third-order valence-corrected chi connectivity index (χ3v) is 4.73. The number of hydrogen-bond acceptors (Lipinski definition) is 6. The van der Waals surface area contributed by atoms with Crippen molar-refractivity contribution in [2.45, 2.75) is 19.3 Å². The molecule has 3 aromatic rings. The van der Waals surface area contributed by atoms with Crippen molar-refractivity contribution >= 4 is 6.29 Å². The molecule has 28 heavy (non-hydrogen) atoms. The van der Waals surface area contributed by atoms with Crippen LogP contribution in [0.1, 0.15) is 34.6 Å². The molecule has 142 valence electrons. The first-order valence-electron chi connectivity index (χ1n) is 9.45. The largest absolute Gasteiger partial charge is 0.394 e. The Labute approximate surface area is 164 Å². The van der Waals surface area contributed by atoms with Crippen molar-refractivity contribution in [1.82, 2.24) is 20.6 Å². The van der Waals surface area contributed by atoms with E-state index in [-0.39, 0.29) is 0 Å². The summed E-state index contributed by atoms with van der Waals surface area (Å²) < 4.78 is 0. The molecule has 4 rings (SSSR count). The van der Waals surface area contributed by atoms with E-state index in [0.29, 0.717) is 29.3 Å². The summed E-state index contributed by atoms with van der Waals surface area (Å²) in [5.74, 6) is 0.687. The molecule has 0 unspecified atom stereocenters. The Morgan fingerprint density at radius 2 is 1.89 bits per heavy atom. The number of benzene rings is 2. The maximum Gasteiger partial charge on any atom is 0.170 e. The zero-order chi connectivity index (χ0) is 19.2. The maximum atomic E-state index is 11.6. The van der Waals surface area contributed by atoms with Gasteiger partial charge in [-0.05, 0) is 30.5 Å². The van der Waals surface area contributed by atoms with Crippen molar-refractivity contribution in [2.24, 2.45) is 0 Å². The number of rotatable bonds is 7. The first-order chi connectivity index (χ1) is 13.8. The molecule has 1 aliphatic rings. The predicted octanol–water partition coefficient (Wildman–Crippen LogP) is 3.44. The molecule has 0 radical (unpaired) electrons. The number of hydrazine groups is 1. The van der Waals surface area contributed by atoms with Gasteiger partial charge in [-0.25, -0.2) is 9.99 Å². The van der Waals surface area contributed by atoms with Gasteiger partial charge in [0.1, 0.15) is 11.4 Å². The van der Waals surface area contributed by atoms with Crippen LogP contribution in [0.15, 0.2) is 60.8 Å². The highest BCUT2D eigenvalue weighted by Gasteiger charge is 2.12. The van der Waals surface area contributed by atoms with Gasteiger partial charge >= 0.3 is 0 Å². The molecule has 6 nitrogen and oxygen atoms in total. The Morgan fingerprint density at radius 3 is 2.68 bits per heavy atom. The summed E-state index contributed by atoms with van der Waals surface area (Å²) in [4.78, 5) is 26.3. The smallest absolute Gasteiger partial charge is 0.170 e. The highest BCUT2D eigenvalue weighted by Crippen LogP contribution is 2.23. The predicted molar refractivity (Wildman–Crippen MR) is 107 cm³/mol. The van der Waals surface area contributed by atoms with Gasteiger partial charge in [-0.15, -0.1) is 0 Å². The molecule has 0 saturated carbocycles. The highest BCUT2D eigenvalue weighted by atomic mass is 16.7. The quantitative estimate of drug-likeness (QED) is 0.505. The molecular weight excluding hydrogens is 352 g/mol. The summed E-state index contributed by atoms with van der Waals surface area (Å²) in [5.41, 5.74) is 6.60. The van der Waals surface area contributed by atoms with Crippen LogP contribution in [0, 0.1) is 0 Å². The summed E-state index contributed by atoms with van der Waals surface area (Å²) in [6.07, 6.45) is 5.40. The Morgan fingerprint density at radius 1 is 1.07 bits per heavy atom. The van der Waals surface area contributed by atoms with Crippen LogP contribution in [-0.2, 0) is 6.42 Å². The molecule has 1 fully saturated rings. The normalized spacial score (nSPS) is 14.1. The lowest BCUT2D eigenvalue weighted by atomic mass is 10.1. The average Bonchev–Trinajstić information content (AvgIpc) is 3.27.